The van der Waals surface area contributed by atoms with Crippen LogP contribution in [0.5, 0.6) is 0 Å². The minimum atomic E-state index is 0.0652. The fourth-order valence-electron chi connectivity index (χ4n) is 3.39. The quantitative estimate of drug-likeness (QED) is 0.350. The molecular formula is C23H28N6OS. The van der Waals surface area contributed by atoms with Crippen LogP contribution >= 0.6 is 11.3 Å². The van der Waals surface area contributed by atoms with Gasteiger partial charge in [-0.3, -0.25) is 0 Å². The van der Waals surface area contributed by atoms with Gasteiger partial charge in [0.15, 0.2) is 5.65 Å². The molecule has 0 saturated heterocycles. The Morgan fingerprint density at radius 3 is 2.55 bits per heavy atom. The highest BCUT2D eigenvalue weighted by Gasteiger charge is 2.16. The largest absolute Gasteiger partial charge is 0.396 e. The normalized spacial score (nSPS) is 12.4. The van der Waals surface area contributed by atoms with Gasteiger partial charge in [0.2, 0.25) is 11.9 Å². The molecule has 0 bridgehead atoms. The number of aliphatic hydroxyl groups is 1. The molecule has 0 radical (unpaired) electrons. The highest BCUT2D eigenvalue weighted by atomic mass is 32.1. The molecule has 1 aromatic carbocycles. The second kappa shape index (κ2) is 9.45. The SMILES string of the molecule is CC(CCO)Nc1nc(NCc2ccc(-c3ccsc3)cc2)n2ncc(C(C)C)c2n1. The van der Waals surface area contributed by atoms with Gasteiger partial charge < -0.3 is 15.7 Å². The Morgan fingerprint density at radius 2 is 1.87 bits per heavy atom. The topological polar surface area (TPSA) is 87.4 Å². The third-order valence-electron chi connectivity index (χ3n) is 5.21. The van der Waals surface area contributed by atoms with E-state index in [4.69, 9.17) is 4.98 Å². The van der Waals surface area contributed by atoms with E-state index in [0.717, 1.165) is 16.8 Å². The molecule has 0 amide bonds. The van der Waals surface area contributed by atoms with E-state index in [1.807, 2.05) is 13.1 Å². The summed E-state index contributed by atoms with van der Waals surface area (Å²) in [6, 6.07) is 10.7. The minimum Gasteiger partial charge on any atom is -0.396 e. The van der Waals surface area contributed by atoms with E-state index in [0.29, 0.717) is 30.8 Å². The van der Waals surface area contributed by atoms with Gasteiger partial charge in [0.05, 0.1) is 6.20 Å². The first-order chi connectivity index (χ1) is 15.0. The molecule has 0 fully saturated rings. The van der Waals surface area contributed by atoms with Crippen LogP contribution in [0, 0.1) is 0 Å². The van der Waals surface area contributed by atoms with Crippen molar-refractivity contribution in [2.75, 3.05) is 17.2 Å². The number of hydrogen-bond donors (Lipinski definition) is 3. The Balaban J connectivity index is 1.58. The molecule has 0 aliphatic heterocycles. The summed E-state index contributed by atoms with van der Waals surface area (Å²) in [5.74, 6) is 1.47. The predicted octanol–water partition coefficient (Wildman–Crippen LogP) is 4.77. The zero-order valence-corrected chi connectivity index (χ0v) is 18.9. The van der Waals surface area contributed by atoms with Gasteiger partial charge in [-0.15, -0.1) is 0 Å². The third kappa shape index (κ3) is 4.86. The van der Waals surface area contributed by atoms with Crippen molar-refractivity contribution in [3.8, 4) is 11.1 Å². The molecule has 1 unspecified atom stereocenters. The van der Waals surface area contributed by atoms with Gasteiger partial charge in [-0.1, -0.05) is 38.1 Å². The molecule has 31 heavy (non-hydrogen) atoms. The number of benzene rings is 1. The van der Waals surface area contributed by atoms with E-state index < -0.39 is 0 Å². The zero-order chi connectivity index (χ0) is 21.8. The van der Waals surface area contributed by atoms with Gasteiger partial charge in [-0.05, 0) is 52.8 Å². The molecule has 0 aliphatic rings. The van der Waals surface area contributed by atoms with Crippen molar-refractivity contribution < 1.29 is 5.11 Å². The van der Waals surface area contributed by atoms with Crippen LogP contribution in [-0.2, 0) is 6.54 Å². The van der Waals surface area contributed by atoms with Crippen LogP contribution in [0.2, 0.25) is 0 Å². The summed E-state index contributed by atoms with van der Waals surface area (Å²) in [5, 5.41) is 24.7. The summed E-state index contributed by atoms with van der Waals surface area (Å²) in [6.07, 6.45) is 2.49. The molecule has 8 heteroatoms. The van der Waals surface area contributed by atoms with Crippen LogP contribution in [0.4, 0.5) is 11.9 Å². The lowest BCUT2D eigenvalue weighted by atomic mass is 10.1. The maximum atomic E-state index is 9.21. The number of hydrogen-bond acceptors (Lipinski definition) is 7. The summed E-state index contributed by atoms with van der Waals surface area (Å²) in [5.41, 5.74) is 5.48. The Kier molecular flexibility index (Phi) is 6.48. The molecule has 4 rings (SSSR count). The number of fused-ring (bicyclic) bond motifs is 1. The Bertz CT molecular complexity index is 1120. The van der Waals surface area contributed by atoms with E-state index in [9.17, 15) is 5.11 Å². The number of nitrogens with one attached hydrogen (secondary N) is 2. The van der Waals surface area contributed by atoms with Gasteiger partial charge in [0, 0.05) is 24.8 Å². The average molecular weight is 437 g/mol. The van der Waals surface area contributed by atoms with Crippen molar-refractivity contribution in [2.45, 2.75) is 45.7 Å². The first-order valence-corrected chi connectivity index (χ1v) is 11.5. The average Bonchev–Trinajstić information content (AvgIpc) is 3.43. The molecule has 162 valence electrons. The highest BCUT2D eigenvalue weighted by Crippen LogP contribution is 2.24. The molecule has 3 aromatic heterocycles. The van der Waals surface area contributed by atoms with Crippen molar-refractivity contribution >= 4 is 28.9 Å². The Labute approximate surface area is 186 Å². The molecular weight excluding hydrogens is 408 g/mol. The molecule has 0 saturated carbocycles. The third-order valence-corrected chi connectivity index (χ3v) is 5.90. The van der Waals surface area contributed by atoms with Gasteiger partial charge in [0.1, 0.15) is 0 Å². The maximum absolute atomic E-state index is 9.21. The van der Waals surface area contributed by atoms with Crippen molar-refractivity contribution in [1.29, 1.82) is 0 Å². The van der Waals surface area contributed by atoms with Crippen molar-refractivity contribution in [1.82, 2.24) is 19.6 Å². The number of anilines is 2. The van der Waals surface area contributed by atoms with Crippen molar-refractivity contribution in [3.63, 3.8) is 0 Å². The van der Waals surface area contributed by atoms with Gasteiger partial charge in [-0.25, -0.2) is 0 Å². The number of aromatic nitrogens is 4. The monoisotopic (exact) mass is 436 g/mol. The van der Waals surface area contributed by atoms with Gasteiger partial charge >= 0.3 is 0 Å². The molecule has 4 aromatic rings. The van der Waals surface area contributed by atoms with Crippen LogP contribution in [0.15, 0.2) is 47.3 Å². The van der Waals surface area contributed by atoms with Crippen LogP contribution in [0.25, 0.3) is 16.8 Å². The lowest BCUT2D eigenvalue weighted by molar-refractivity contribution is 0.282. The van der Waals surface area contributed by atoms with E-state index in [-0.39, 0.29) is 12.6 Å². The van der Waals surface area contributed by atoms with Crippen LogP contribution in [0.1, 0.15) is 44.2 Å². The van der Waals surface area contributed by atoms with E-state index in [1.165, 1.54) is 11.1 Å². The summed E-state index contributed by atoms with van der Waals surface area (Å²) < 4.78 is 1.76. The second-order valence-corrected chi connectivity index (χ2v) is 8.76. The summed E-state index contributed by atoms with van der Waals surface area (Å²) in [6.45, 7) is 7.00. The van der Waals surface area contributed by atoms with E-state index >= 15 is 0 Å². The molecule has 1 atom stereocenters. The molecule has 0 aliphatic carbocycles. The van der Waals surface area contributed by atoms with E-state index in [2.05, 4.69) is 75.7 Å². The standard InChI is InChI=1S/C23H28N6OS/c1-15(2)20-13-25-29-21(20)27-22(26-16(3)8-10-30)28-23(29)24-12-17-4-6-18(7-5-17)19-9-11-31-14-19/h4-7,9,11,13-16,30H,8,10,12H2,1-3H3,(H2,24,26,27,28). The summed E-state index contributed by atoms with van der Waals surface area (Å²) >= 11 is 1.70. The number of nitrogens with zero attached hydrogens (tertiary/aromatic N) is 4. The number of rotatable bonds is 9. The first-order valence-electron chi connectivity index (χ1n) is 10.5. The second-order valence-electron chi connectivity index (χ2n) is 7.98. The fraction of sp³-hybridized carbons (Fsp3) is 0.348. The van der Waals surface area contributed by atoms with Crippen molar-refractivity contribution in [2.24, 2.45) is 0 Å². The Morgan fingerprint density at radius 1 is 1.06 bits per heavy atom. The lowest BCUT2D eigenvalue weighted by Crippen LogP contribution is -2.20. The summed E-state index contributed by atoms with van der Waals surface area (Å²) in [4.78, 5) is 9.35. The molecule has 3 heterocycles. The number of aliphatic hydroxyl groups excluding tert-OH is 1. The predicted molar refractivity (Wildman–Crippen MR) is 127 cm³/mol. The lowest BCUT2D eigenvalue weighted by Gasteiger charge is -2.15. The van der Waals surface area contributed by atoms with E-state index in [1.54, 1.807) is 15.9 Å². The van der Waals surface area contributed by atoms with Crippen LogP contribution in [-0.4, -0.2) is 37.3 Å². The van der Waals surface area contributed by atoms with Gasteiger partial charge in [0.25, 0.3) is 0 Å². The smallest absolute Gasteiger partial charge is 0.229 e. The highest BCUT2D eigenvalue weighted by molar-refractivity contribution is 7.08. The van der Waals surface area contributed by atoms with Crippen LogP contribution < -0.4 is 10.6 Å². The van der Waals surface area contributed by atoms with Crippen LogP contribution in [0.3, 0.4) is 0 Å². The minimum absolute atomic E-state index is 0.0652. The first kappa shape index (κ1) is 21.3. The number of thiophene rings is 1. The van der Waals surface area contributed by atoms with Gasteiger partial charge in [-0.2, -0.15) is 30.9 Å². The fourth-order valence-corrected chi connectivity index (χ4v) is 4.06. The molecule has 0 spiro atoms. The summed E-state index contributed by atoms with van der Waals surface area (Å²) in [7, 11) is 0. The van der Waals surface area contributed by atoms with Crippen molar-refractivity contribution in [3.05, 3.63) is 58.4 Å². The molecule has 3 N–H and O–H groups in total. The zero-order valence-electron chi connectivity index (χ0n) is 18.0. The maximum Gasteiger partial charge on any atom is 0.229 e. The Hall–Kier alpha value is -2.97. The molecule has 7 nitrogen and oxygen atoms in total.